The molecule has 0 atom stereocenters. The molecular weight excluding hydrogens is 362 g/mol. The number of anilines is 2. The monoisotopic (exact) mass is 393 g/mol. The molecule has 1 aromatic carbocycles. The molecule has 0 unspecified atom stereocenters. The zero-order valence-electron chi connectivity index (χ0n) is 17.7. The summed E-state index contributed by atoms with van der Waals surface area (Å²) in [6, 6.07) is 8.60. The maximum atomic E-state index is 4.91. The number of benzene rings is 1. The van der Waals surface area contributed by atoms with Crippen molar-refractivity contribution in [2.75, 3.05) is 42.9 Å². The molecule has 1 saturated heterocycles. The van der Waals surface area contributed by atoms with Gasteiger partial charge in [-0.05, 0) is 32.4 Å². The number of hydrogen-bond donors (Lipinski definition) is 1. The summed E-state index contributed by atoms with van der Waals surface area (Å²) in [7, 11) is 0. The Morgan fingerprint density at radius 2 is 1.76 bits per heavy atom. The van der Waals surface area contributed by atoms with Gasteiger partial charge in [0.15, 0.2) is 5.65 Å². The second-order valence-corrected chi connectivity index (χ2v) is 7.74. The van der Waals surface area contributed by atoms with Gasteiger partial charge in [-0.25, -0.2) is 4.68 Å². The summed E-state index contributed by atoms with van der Waals surface area (Å²) in [6.07, 6.45) is 3.07. The molecule has 1 fully saturated rings. The average molecular weight is 394 g/mol. The minimum atomic E-state index is 0.730. The highest BCUT2D eigenvalue weighted by Crippen LogP contribution is 2.25. The molecule has 0 spiro atoms. The molecule has 0 amide bonds. The SMILES string of the molecule is CCCN1CCN(c2nc(NCc3ccc(C)cc3)c3cnn(CC)c3n2)CC1. The number of hydrogen-bond acceptors (Lipinski definition) is 6. The van der Waals surface area contributed by atoms with Gasteiger partial charge in [-0.3, -0.25) is 4.90 Å². The van der Waals surface area contributed by atoms with E-state index in [1.54, 1.807) is 0 Å². The van der Waals surface area contributed by atoms with E-state index in [4.69, 9.17) is 9.97 Å². The lowest BCUT2D eigenvalue weighted by Crippen LogP contribution is -2.47. The van der Waals surface area contributed by atoms with Crippen LogP contribution in [0.15, 0.2) is 30.5 Å². The molecule has 7 nitrogen and oxygen atoms in total. The van der Waals surface area contributed by atoms with Crippen LogP contribution in [0.1, 0.15) is 31.4 Å². The Hall–Kier alpha value is -2.67. The van der Waals surface area contributed by atoms with Gasteiger partial charge in [0.05, 0.1) is 11.6 Å². The normalized spacial score (nSPS) is 15.2. The fraction of sp³-hybridized carbons (Fsp3) is 0.500. The van der Waals surface area contributed by atoms with Crippen LogP contribution in [-0.4, -0.2) is 57.4 Å². The highest BCUT2D eigenvalue weighted by molar-refractivity contribution is 5.87. The Morgan fingerprint density at radius 3 is 2.45 bits per heavy atom. The van der Waals surface area contributed by atoms with E-state index in [0.29, 0.717) is 0 Å². The van der Waals surface area contributed by atoms with Crippen molar-refractivity contribution in [3.63, 3.8) is 0 Å². The van der Waals surface area contributed by atoms with E-state index >= 15 is 0 Å². The fourth-order valence-electron chi connectivity index (χ4n) is 3.83. The van der Waals surface area contributed by atoms with Crippen LogP contribution in [0.4, 0.5) is 11.8 Å². The lowest BCUT2D eigenvalue weighted by molar-refractivity contribution is 0.257. The largest absolute Gasteiger partial charge is 0.365 e. The topological polar surface area (TPSA) is 62.1 Å². The van der Waals surface area contributed by atoms with Crippen LogP contribution >= 0.6 is 0 Å². The minimum absolute atomic E-state index is 0.730. The van der Waals surface area contributed by atoms with Gasteiger partial charge in [0, 0.05) is 39.3 Å². The molecule has 29 heavy (non-hydrogen) atoms. The highest BCUT2D eigenvalue weighted by Gasteiger charge is 2.21. The second-order valence-electron chi connectivity index (χ2n) is 7.74. The van der Waals surface area contributed by atoms with Crippen LogP contribution in [0.5, 0.6) is 0 Å². The van der Waals surface area contributed by atoms with E-state index in [-0.39, 0.29) is 0 Å². The van der Waals surface area contributed by atoms with E-state index in [1.807, 2.05) is 10.9 Å². The molecule has 3 aromatic rings. The van der Waals surface area contributed by atoms with Crippen molar-refractivity contribution in [2.24, 2.45) is 0 Å². The molecule has 0 bridgehead atoms. The molecule has 3 heterocycles. The van der Waals surface area contributed by atoms with Crippen LogP contribution < -0.4 is 10.2 Å². The van der Waals surface area contributed by atoms with Gasteiger partial charge in [-0.2, -0.15) is 15.1 Å². The third-order valence-corrected chi connectivity index (χ3v) is 5.56. The summed E-state index contributed by atoms with van der Waals surface area (Å²) >= 11 is 0. The molecule has 0 aliphatic carbocycles. The number of aryl methyl sites for hydroxylation is 2. The lowest BCUT2D eigenvalue weighted by Gasteiger charge is -2.34. The van der Waals surface area contributed by atoms with Gasteiger partial charge in [-0.1, -0.05) is 36.8 Å². The maximum Gasteiger partial charge on any atom is 0.229 e. The number of aromatic nitrogens is 4. The maximum absolute atomic E-state index is 4.91. The van der Waals surface area contributed by atoms with Crippen molar-refractivity contribution in [2.45, 2.75) is 40.3 Å². The smallest absolute Gasteiger partial charge is 0.229 e. The number of fused-ring (bicyclic) bond motifs is 1. The summed E-state index contributed by atoms with van der Waals surface area (Å²) in [5.74, 6) is 1.66. The van der Waals surface area contributed by atoms with Crippen LogP contribution in [-0.2, 0) is 13.1 Å². The average Bonchev–Trinajstić information content (AvgIpc) is 3.17. The molecule has 4 rings (SSSR count). The van der Waals surface area contributed by atoms with Crippen molar-refractivity contribution < 1.29 is 0 Å². The zero-order chi connectivity index (χ0) is 20.2. The molecule has 1 aliphatic heterocycles. The van der Waals surface area contributed by atoms with Crippen molar-refractivity contribution in [3.05, 3.63) is 41.6 Å². The van der Waals surface area contributed by atoms with Crippen LogP contribution in [0.25, 0.3) is 11.0 Å². The number of piperazine rings is 1. The van der Waals surface area contributed by atoms with Gasteiger partial charge >= 0.3 is 0 Å². The van der Waals surface area contributed by atoms with Crippen molar-refractivity contribution in [1.82, 2.24) is 24.6 Å². The first-order chi connectivity index (χ1) is 14.2. The van der Waals surface area contributed by atoms with E-state index in [2.05, 4.69) is 65.3 Å². The third kappa shape index (κ3) is 4.34. The second kappa shape index (κ2) is 8.78. The van der Waals surface area contributed by atoms with Gasteiger partial charge in [-0.15, -0.1) is 0 Å². The molecule has 0 saturated carbocycles. The molecule has 1 N–H and O–H groups in total. The van der Waals surface area contributed by atoms with E-state index in [9.17, 15) is 0 Å². The molecular formula is C22H31N7. The number of rotatable bonds is 7. The molecule has 2 aromatic heterocycles. The third-order valence-electron chi connectivity index (χ3n) is 5.56. The van der Waals surface area contributed by atoms with Gasteiger partial charge in [0.1, 0.15) is 5.82 Å². The summed E-state index contributed by atoms with van der Waals surface area (Å²) in [5, 5.41) is 9.02. The van der Waals surface area contributed by atoms with Gasteiger partial charge in [0.2, 0.25) is 5.95 Å². The van der Waals surface area contributed by atoms with Crippen molar-refractivity contribution >= 4 is 22.8 Å². The van der Waals surface area contributed by atoms with Gasteiger partial charge < -0.3 is 10.2 Å². The predicted molar refractivity (Wildman–Crippen MR) is 118 cm³/mol. The summed E-state index contributed by atoms with van der Waals surface area (Å²) in [6.45, 7) is 13.2. The van der Waals surface area contributed by atoms with Crippen LogP contribution in [0, 0.1) is 6.92 Å². The first kappa shape index (κ1) is 19.6. The molecule has 1 aliphatic rings. The minimum Gasteiger partial charge on any atom is -0.365 e. The van der Waals surface area contributed by atoms with Crippen molar-refractivity contribution in [1.29, 1.82) is 0 Å². The first-order valence-electron chi connectivity index (χ1n) is 10.7. The van der Waals surface area contributed by atoms with Gasteiger partial charge in [0.25, 0.3) is 0 Å². The first-order valence-corrected chi connectivity index (χ1v) is 10.7. The van der Waals surface area contributed by atoms with E-state index in [1.165, 1.54) is 24.1 Å². The zero-order valence-corrected chi connectivity index (χ0v) is 17.7. The Kier molecular flexibility index (Phi) is 5.94. The summed E-state index contributed by atoms with van der Waals surface area (Å²) in [4.78, 5) is 14.6. The molecule has 7 heteroatoms. The molecule has 0 radical (unpaired) electrons. The van der Waals surface area contributed by atoms with Crippen LogP contribution in [0.2, 0.25) is 0 Å². The van der Waals surface area contributed by atoms with E-state index < -0.39 is 0 Å². The van der Waals surface area contributed by atoms with E-state index in [0.717, 1.165) is 62.1 Å². The molecule has 154 valence electrons. The Morgan fingerprint density at radius 1 is 1.00 bits per heavy atom. The highest BCUT2D eigenvalue weighted by atomic mass is 15.4. The number of nitrogens with zero attached hydrogens (tertiary/aromatic N) is 6. The quantitative estimate of drug-likeness (QED) is 0.665. The standard InChI is InChI=1S/C22H31N7/c1-4-10-27-11-13-28(14-12-27)22-25-20(19-16-24-29(5-2)21(19)26-22)23-15-18-8-6-17(3)7-9-18/h6-9,16H,4-5,10-15H2,1-3H3,(H,23,25,26). The lowest BCUT2D eigenvalue weighted by atomic mass is 10.1. The Labute approximate surface area is 172 Å². The summed E-state index contributed by atoms with van der Waals surface area (Å²) in [5.41, 5.74) is 3.41. The summed E-state index contributed by atoms with van der Waals surface area (Å²) < 4.78 is 1.95. The predicted octanol–water partition coefficient (Wildman–Crippen LogP) is 3.30. The number of nitrogens with one attached hydrogen (secondary N) is 1. The Balaban J connectivity index is 1.59. The Bertz CT molecular complexity index is 940. The fourth-order valence-corrected chi connectivity index (χ4v) is 3.83. The van der Waals surface area contributed by atoms with Crippen molar-refractivity contribution in [3.8, 4) is 0 Å². The van der Waals surface area contributed by atoms with Crippen LogP contribution in [0.3, 0.4) is 0 Å².